The third-order valence-corrected chi connectivity index (χ3v) is 2.94. The van der Waals surface area contributed by atoms with Gasteiger partial charge in [0, 0.05) is 0 Å². The molecule has 0 aromatic carbocycles. The van der Waals surface area contributed by atoms with E-state index in [1.807, 2.05) is 6.92 Å². The van der Waals surface area contributed by atoms with E-state index in [0.29, 0.717) is 18.8 Å². The van der Waals surface area contributed by atoms with Gasteiger partial charge in [0.2, 0.25) is 0 Å². The predicted octanol–water partition coefficient (Wildman–Crippen LogP) is 0.151. The van der Waals surface area contributed by atoms with E-state index in [-0.39, 0.29) is 11.6 Å². The van der Waals surface area contributed by atoms with E-state index in [1.165, 1.54) is 0 Å². The van der Waals surface area contributed by atoms with Crippen LogP contribution in [0.5, 0.6) is 0 Å². The summed E-state index contributed by atoms with van der Waals surface area (Å²) in [5.41, 5.74) is 6.61. The first-order valence-electron chi connectivity index (χ1n) is 5.79. The predicted molar refractivity (Wildman–Crippen MR) is 63.5 cm³/mol. The fourth-order valence-corrected chi connectivity index (χ4v) is 2.06. The molecule has 1 aromatic heterocycles. The van der Waals surface area contributed by atoms with Crippen molar-refractivity contribution in [3.8, 4) is 0 Å². The first-order chi connectivity index (χ1) is 7.94. The number of aliphatic hydroxyl groups is 1. The minimum absolute atomic E-state index is 0.215. The lowest BCUT2D eigenvalue weighted by atomic mass is 9.96. The second kappa shape index (κ2) is 4.03. The van der Waals surface area contributed by atoms with E-state index in [1.54, 1.807) is 11.8 Å². The van der Waals surface area contributed by atoms with E-state index in [0.717, 1.165) is 18.5 Å². The third-order valence-electron chi connectivity index (χ3n) is 2.94. The van der Waals surface area contributed by atoms with E-state index in [4.69, 9.17) is 5.73 Å². The number of H-pyrrole nitrogens is 1. The van der Waals surface area contributed by atoms with Gasteiger partial charge in [-0.1, -0.05) is 13.3 Å². The van der Waals surface area contributed by atoms with Crippen molar-refractivity contribution < 1.29 is 9.90 Å². The summed E-state index contributed by atoms with van der Waals surface area (Å²) in [7, 11) is 0. The number of carbonyl (C=O) groups excluding carboxylic acids is 1. The van der Waals surface area contributed by atoms with Gasteiger partial charge >= 0.3 is 0 Å². The molecule has 0 spiro atoms. The lowest BCUT2D eigenvalue weighted by molar-refractivity contribution is -0.0670. The van der Waals surface area contributed by atoms with Crippen molar-refractivity contribution in [1.82, 2.24) is 15.1 Å². The number of nitrogens with two attached hydrogens (primary N) is 1. The molecule has 1 amide bonds. The highest BCUT2D eigenvalue weighted by Gasteiger charge is 2.40. The molecule has 4 N–H and O–H groups in total. The summed E-state index contributed by atoms with van der Waals surface area (Å²) in [5, 5.41) is 16.3. The monoisotopic (exact) mass is 238 g/mol. The Labute approximate surface area is 99.8 Å². The van der Waals surface area contributed by atoms with Crippen LogP contribution in [0.3, 0.4) is 0 Å². The Hall–Kier alpha value is -1.56. The number of aromatic nitrogens is 2. The van der Waals surface area contributed by atoms with Gasteiger partial charge in [0.15, 0.2) is 5.69 Å². The number of aromatic amines is 1. The zero-order valence-corrected chi connectivity index (χ0v) is 10.2. The van der Waals surface area contributed by atoms with E-state index >= 15 is 0 Å². The Balaban J connectivity index is 2.10. The number of carbonyl (C=O) groups is 1. The fourth-order valence-electron chi connectivity index (χ4n) is 2.06. The Morgan fingerprint density at radius 2 is 2.29 bits per heavy atom. The topological polar surface area (TPSA) is 95.2 Å². The molecule has 2 heterocycles. The quantitative estimate of drug-likeness (QED) is 0.698. The largest absolute Gasteiger partial charge is 0.395 e. The van der Waals surface area contributed by atoms with E-state index < -0.39 is 5.60 Å². The van der Waals surface area contributed by atoms with Gasteiger partial charge < -0.3 is 15.7 Å². The Morgan fingerprint density at radius 3 is 2.82 bits per heavy atom. The number of nitrogens with one attached hydrogen (secondary N) is 1. The number of likely N-dealkylation sites (tertiary alicyclic amines) is 1. The van der Waals surface area contributed by atoms with Gasteiger partial charge in [-0.25, -0.2) is 0 Å². The van der Waals surface area contributed by atoms with E-state index in [9.17, 15) is 9.90 Å². The van der Waals surface area contributed by atoms with Crippen LogP contribution in [0, 0.1) is 0 Å². The zero-order chi connectivity index (χ0) is 12.6. The number of amides is 1. The molecule has 1 aromatic rings. The molecule has 1 saturated heterocycles. The summed E-state index contributed by atoms with van der Waals surface area (Å²) >= 11 is 0. The summed E-state index contributed by atoms with van der Waals surface area (Å²) in [6.07, 6.45) is 1.72. The molecule has 1 aliphatic rings. The number of aryl methyl sites for hydroxylation is 1. The number of anilines is 1. The second-order valence-corrected chi connectivity index (χ2v) is 4.87. The molecule has 2 rings (SSSR count). The van der Waals surface area contributed by atoms with Crippen molar-refractivity contribution >= 4 is 11.6 Å². The number of nitrogen functional groups attached to an aromatic ring is 1. The molecule has 0 bridgehead atoms. The minimum atomic E-state index is -0.771. The molecule has 1 aliphatic heterocycles. The Bertz CT molecular complexity index is 431. The zero-order valence-electron chi connectivity index (χ0n) is 10.2. The third kappa shape index (κ3) is 2.12. The molecule has 17 heavy (non-hydrogen) atoms. The van der Waals surface area contributed by atoms with Gasteiger partial charge in [0.05, 0.1) is 30.1 Å². The van der Waals surface area contributed by atoms with Crippen molar-refractivity contribution in [3.05, 3.63) is 11.4 Å². The van der Waals surface area contributed by atoms with Gasteiger partial charge in [-0.2, -0.15) is 5.10 Å². The van der Waals surface area contributed by atoms with Crippen LogP contribution in [-0.4, -0.2) is 44.8 Å². The molecule has 6 heteroatoms. The first kappa shape index (κ1) is 11.9. The Kier molecular flexibility index (Phi) is 2.82. The molecule has 1 fully saturated rings. The van der Waals surface area contributed by atoms with Crippen molar-refractivity contribution in [2.75, 3.05) is 18.8 Å². The van der Waals surface area contributed by atoms with Crippen molar-refractivity contribution in [2.45, 2.75) is 32.3 Å². The van der Waals surface area contributed by atoms with E-state index in [2.05, 4.69) is 10.2 Å². The van der Waals surface area contributed by atoms with Crippen LogP contribution in [0.2, 0.25) is 0 Å². The number of nitrogens with zero attached hydrogens (tertiary/aromatic N) is 2. The van der Waals surface area contributed by atoms with Crippen LogP contribution < -0.4 is 5.73 Å². The highest BCUT2D eigenvalue weighted by Crippen LogP contribution is 2.24. The van der Waals surface area contributed by atoms with Gasteiger partial charge in [-0.3, -0.25) is 9.89 Å². The second-order valence-electron chi connectivity index (χ2n) is 4.87. The normalized spacial score (nSPS) is 17.9. The minimum Gasteiger partial charge on any atom is -0.395 e. The lowest BCUT2D eigenvalue weighted by Crippen LogP contribution is -2.61. The average Bonchev–Trinajstić information content (AvgIpc) is 2.57. The SMILES string of the molecule is CCCc1[nH]nc(C(=O)N2CC(C)(O)C2)c1N. The van der Waals surface area contributed by atoms with Crippen LogP contribution >= 0.6 is 0 Å². The standard InChI is InChI=1S/C11H18N4O2/c1-3-4-7-8(12)9(14-13-7)10(16)15-5-11(2,17)6-15/h17H,3-6,12H2,1-2H3,(H,13,14). The van der Waals surface area contributed by atoms with Crippen molar-refractivity contribution in [2.24, 2.45) is 0 Å². The Morgan fingerprint density at radius 1 is 1.65 bits per heavy atom. The summed E-state index contributed by atoms with van der Waals surface area (Å²) in [5.74, 6) is -0.215. The average molecular weight is 238 g/mol. The summed E-state index contributed by atoms with van der Waals surface area (Å²) in [6.45, 7) is 4.41. The van der Waals surface area contributed by atoms with Gasteiger partial charge in [0.1, 0.15) is 0 Å². The molecular weight excluding hydrogens is 220 g/mol. The molecule has 0 unspecified atom stereocenters. The van der Waals surface area contributed by atoms with Crippen molar-refractivity contribution in [1.29, 1.82) is 0 Å². The van der Waals surface area contributed by atoms with Gasteiger partial charge in [-0.05, 0) is 13.3 Å². The summed E-state index contributed by atoms with van der Waals surface area (Å²) < 4.78 is 0. The number of rotatable bonds is 3. The molecule has 0 saturated carbocycles. The number of β-amino-alcohol motifs (C(OH)–C–C–N with tert-alkyl or cyclic N) is 1. The fraction of sp³-hybridized carbons (Fsp3) is 0.636. The maximum absolute atomic E-state index is 12.0. The molecule has 0 aliphatic carbocycles. The molecule has 0 radical (unpaired) electrons. The first-order valence-corrected chi connectivity index (χ1v) is 5.79. The van der Waals surface area contributed by atoms with Crippen LogP contribution in [0.25, 0.3) is 0 Å². The van der Waals surface area contributed by atoms with Gasteiger partial charge in [-0.15, -0.1) is 0 Å². The number of hydrogen-bond donors (Lipinski definition) is 3. The smallest absolute Gasteiger partial charge is 0.276 e. The molecular formula is C11H18N4O2. The van der Waals surface area contributed by atoms with Crippen LogP contribution in [0.1, 0.15) is 36.5 Å². The van der Waals surface area contributed by atoms with Crippen LogP contribution in [0.4, 0.5) is 5.69 Å². The highest BCUT2D eigenvalue weighted by atomic mass is 16.3. The van der Waals surface area contributed by atoms with Crippen LogP contribution in [-0.2, 0) is 6.42 Å². The molecule has 0 atom stereocenters. The summed E-state index contributed by atoms with van der Waals surface area (Å²) in [4.78, 5) is 13.5. The maximum atomic E-state index is 12.0. The number of hydrogen-bond acceptors (Lipinski definition) is 4. The molecule has 94 valence electrons. The summed E-state index contributed by atoms with van der Waals surface area (Å²) in [6, 6.07) is 0. The van der Waals surface area contributed by atoms with Crippen LogP contribution in [0.15, 0.2) is 0 Å². The molecule has 6 nitrogen and oxygen atoms in total. The van der Waals surface area contributed by atoms with Crippen molar-refractivity contribution in [3.63, 3.8) is 0 Å². The lowest BCUT2D eigenvalue weighted by Gasteiger charge is -2.43. The maximum Gasteiger partial charge on any atom is 0.276 e. The van der Waals surface area contributed by atoms with Gasteiger partial charge in [0.25, 0.3) is 5.91 Å². The highest BCUT2D eigenvalue weighted by molar-refractivity contribution is 5.98.